The average Bonchev–Trinajstić information content (AvgIpc) is 2.78. The van der Waals surface area contributed by atoms with Gasteiger partial charge in [-0.3, -0.25) is 13.9 Å². The van der Waals surface area contributed by atoms with Crippen LogP contribution >= 0.6 is 0 Å². The summed E-state index contributed by atoms with van der Waals surface area (Å²) in [5.74, 6) is -0.980. The summed E-state index contributed by atoms with van der Waals surface area (Å²) in [6.07, 6.45) is 0.161. The van der Waals surface area contributed by atoms with Gasteiger partial charge in [-0.2, -0.15) is 0 Å². The molecule has 0 bridgehead atoms. The molecule has 0 amide bonds. The predicted octanol–water partition coefficient (Wildman–Crippen LogP) is 0.385. The zero-order valence-electron chi connectivity index (χ0n) is 17.8. The van der Waals surface area contributed by atoms with Gasteiger partial charge in [0.25, 0.3) is 5.56 Å². The Bertz CT molecular complexity index is 1310. The molecule has 0 unspecified atom stereocenters. The van der Waals surface area contributed by atoms with E-state index in [1.807, 2.05) is 0 Å². The zero-order chi connectivity index (χ0) is 23.6. The molecule has 11 heteroatoms. The monoisotopic (exact) mass is 442 g/mol. The van der Waals surface area contributed by atoms with Crippen molar-refractivity contribution in [3.8, 4) is 5.75 Å². The Morgan fingerprint density at radius 2 is 1.81 bits per heavy atom. The van der Waals surface area contributed by atoms with Crippen LogP contribution in [0.5, 0.6) is 5.75 Å². The maximum Gasteiger partial charge on any atom is 0.374 e. The second-order valence-corrected chi connectivity index (χ2v) is 7.04. The number of phenols is 1. The third kappa shape index (κ3) is 4.37. The molecule has 2 aromatic heterocycles. The number of phenolic OH excluding ortho intramolecular Hbond substituents is 1. The quantitative estimate of drug-likeness (QED) is 0.314. The largest absolute Gasteiger partial charge is 0.508 e. The summed E-state index contributed by atoms with van der Waals surface area (Å²) in [5, 5.41) is 19.6. The summed E-state index contributed by atoms with van der Waals surface area (Å²) >= 11 is 0. The van der Waals surface area contributed by atoms with Gasteiger partial charge in [-0.1, -0.05) is 12.1 Å². The molecule has 0 aliphatic carbocycles. The minimum atomic E-state index is -1.26. The van der Waals surface area contributed by atoms with Gasteiger partial charge in [0.2, 0.25) is 5.76 Å². The van der Waals surface area contributed by atoms with E-state index in [9.17, 15) is 24.6 Å². The molecular weight excluding hydrogens is 420 g/mol. The van der Waals surface area contributed by atoms with Crippen LogP contribution in [0.25, 0.3) is 17.2 Å². The highest BCUT2D eigenvalue weighted by Crippen LogP contribution is 2.23. The number of methoxy groups -OCH3 is 1. The van der Waals surface area contributed by atoms with Gasteiger partial charge in [-0.25, -0.2) is 19.6 Å². The fourth-order valence-corrected chi connectivity index (χ4v) is 2.99. The van der Waals surface area contributed by atoms with Gasteiger partial charge in [0, 0.05) is 14.1 Å². The first kappa shape index (κ1) is 22.7. The van der Waals surface area contributed by atoms with Crippen molar-refractivity contribution in [1.82, 2.24) is 19.1 Å². The third-order valence-corrected chi connectivity index (χ3v) is 4.75. The molecule has 1 aromatic carbocycles. The van der Waals surface area contributed by atoms with Crippen molar-refractivity contribution in [3.63, 3.8) is 0 Å². The van der Waals surface area contributed by atoms with Crippen LogP contribution in [0.2, 0.25) is 0 Å². The minimum absolute atomic E-state index is 0.0247. The Kier molecular flexibility index (Phi) is 6.40. The van der Waals surface area contributed by atoms with Crippen molar-refractivity contribution in [3.05, 3.63) is 68.3 Å². The molecule has 11 nitrogen and oxygen atoms in total. The summed E-state index contributed by atoms with van der Waals surface area (Å²) in [5.41, 5.74) is -0.690. The van der Waals surface area contributed by atoms with E-state index in [1.165, 1.54) is 57.1 Å². The maximum absolute atomic E-state index is 12.7. The molecule has 2 atom stereocenters. The van der Waals surface area contributed by atoms with E-state index in [0.717, 1.165) is 4.57 Å². The molecule has 0 saturated carbocycles. The fourth-order valence-electron chi connectivity index (χ4n) is 2.99. The van der Waals surface area contributed by atoms with E-state index in [4.69, 9.17) is 9.47 Å². The second kappa shape index (κ2) is 9.02. The highest BCUT2D eigenvalue weighted by atomic mass is 16.6. The van der Waals surface area contributed by atoms with E-state index < -0.39 is 29.4 Å². The summed E-state index contributed by atoms with van der Waals surface area (Å²) in [6, 6.07) is 6.04. The maximum atomic E-state index is 12.7. The number of aromatic nitrogens is 4. The van der Waals surface area contributed by atoms with Crippen LogP contribution in [0.1, 0.15) is 24.3 Å². The van der Waals surface area contributed by atoms with E-state index >= 15 is 0 Å². The van der Waals surface area contributed by atoms with Gasteiger partial charge in [0.15, 0.2) is 17.3 Å². The highest BCUT2D eigenvalue weighted by Gasteiger charge is 2.27. The van der Waals surface area contributed by atoms with Gasteiger partial charge < -0.3 is 19.7 Å². The van der Waals surface area contributed by atoms with E-state index in [2.05, 4.69) is 9.97 Å². The van der Waals surface area contributed by atoms with Crippen LogP contribution in [0.15, 0.2) is 45.8 Å². The van der Waals surface area contributed by atoms with Crippen LogP contribution in [0.4, 0.5) is 0 Å². The number of carbonyl (C=O) groups excluding carboxylic acids is 1. The molecule has 3 rings (SSSR count). The zero-order valence-corrected chi connectivity index (χ0v) is 17.8. The molecular formula is C21H22N4O7. The van der Waals surface area contributed by atoms with Gasteiger partial charge in [-0.05, 0) is 30.7 Å². The van der Waals surface area contributed by atoms with Crippen molar-refractivity contribution in [2.24, 2.45) is 14.1 Å². The van der Waals surface area contributed by atoms with Crippen LogP contribution < -0.4 is 11.2 Å². The van der Waals surface area contributed by atoms with Gasteiger partial charge in [0.1, 0.15) is 11.4 Å². The number of carbonyl (C=O) groups is 1. The molecule has 0 aliphatic heterocycles. The molecule has 3 aromatic rings. The number of fused-ring (bicyclic) bond motifs is 1. The second-order valence-electron chi connectivity index (χ2n) is 7.04. The summed E-state index contributed by atoms with van der Waals surface area (Å²) < 4.78 is 12.6. The number of ether oxygens (including phenoxy) is 2. The first-order valence-electron chi connectivity index (χ1n) is 9.50. The molecule has 0 spiro atoms. The number of hydrogen-bond acceptors (Lipinski definition) is 9. The average molecular weight is 442 g/mol. The van der Waals surface area contributed by atoms with Crippen molar-refractivity contribution >= 4 is 23.2 Å². The van der Waals surface area contributed by atoms with Gasteiger partial charge >= 0.3 is 11.7 Å². The minimum Gasteiger partial charge on any atom is -0.508 e. The molecule has 0 fully saturated rings. The van der Waals surface area contributed by atoms with Crippen molar-refractivity contribution < 1.29 is 24.5 Å². The Morgan fingerprint density at radius 3 is 2.41 bits per heavy atom. The van der Waals surface area contributed by atoms with Crippen molar-refractivity contribution in [1.29, 1.82) is 0 Å². The summed E-state index contributed by atoms with van der Waals surface area (Å²) in [4.78, 5) is 45.5. The molecule has 168 valence electrons. The van der Waals surface area contributed by atoms with Crippen molar-refractivity contribution in [2.75, 3.05) is 7.11 Å². The number of hydrogen-bond donors (Lipinski definition) is 2. The number of nitrogens with zero attached hydrogens (tertiary/aromatic N) is 4. The SMILES string of the molecule is CO/C(=C\c1ccc(O)cc1)C(=O)O[C@H](c1cnc2c(n1)c(=O)n(C)c(=O)n2C)[C@@H](C)O. The summed E-state index contributed by atoms with van der Waals surface area (Å²) in [6.45, 7) is 1.39. The van der Waals surface area contributed by atoms with E-state index in [-0.39, 0.29) is 28.4 Å². The van der Waals surface area contributed by atoms with E-state index in [0.29, 0.717) is 5.56 Å². The topological polar surface area (TPSA) is 146 Å². The number of aliphatic hydroxyl groups excluding tert-OH is 1. The number of benzene rings is 1. The summed E-state index contributed by atoms with van der Waals surface area (Å²) in [7, 11) is 4.04. The van der Waals surface area contributed by atoms with Crippen molar-refractivity contribution in [2.45, 2.75) is 19.1 Å². The Balaban J connectivity index is 1.98. The fraction of sp³-hybridized carbons (Fsp3) is 0.286. The van der Waals surface area contributed by atoms with Crippen LogP contribution in [0, 0.1) is 0 Å². The lowest BCUT2D eigenvalue weighted by Crippen LogP contribution is -2.38. The van der Waals surface area contributed by atoms with Gasteiger partial charge in [0.05, 0.1) is 19.4 Å². The van der Waals surface area contributed by atoms with Crippen LogP contribution in [0.3, 0.4) is 0 Å². The number of aryl methyl sites for hydroxylation is 1. The third-order valence-electron chi connectivity index (χ3n) is 4.75. The standard InChI is InChI=1S/C21H22N4O7/c1-11(26)17(32-20(29)15(31-4)9-12-5-7-13(27)8-6-12)14-10-22-18-16(23-14)19(28)25(3)21(30)24(18)2/h5-11,17,26-27H,1-4H3/b15-9-/t11-,17+/m1/s1. The molecule has 32 heavy (non-hydrogen) atoms. The lowest BCUT2D eigenvalue weighted by molar-refractivity contribution is -0.154. The van der Waals surface area contributed by atoms with Gasteiger partial charge in [-0.15, -0.1) is 0 Å². The lowest BCUT2D eigenvalue weighted by Gasteiger charge is -2.20. The molecule has 0 aliphatic rings. The smallest absolute Gasteiger partial charge is 0.374 e. The predicted molar refractivity (Wildman–Crippen MR) is 114 cm³/mol. The van der Waals surface area contributed by atoms with Crippen LogP contribution in [-0.2, 0) is 28.4 Å². The molecule has 2 heterocycles. The Morgan fingerprint density at radius 1 is 1.16 bits per heavy atom. The molecule has 2 N–H and O–H groups in total. The number of rotatable bonds is 6. The first-order valence-corrected chi connectivity index (χ1v) is 9.50. The normalized spacial score (nSPS) is 13.6. The lowest BCUT2D eigenvalue weighted by atomic mass is 10.1. The Hall–Kier alpha value is -3.99. The Labute approximate surface area is 181 Å². The van der Waals surface area contributed by atoms with Crippen LogP contribution in [-0.4, -0.2) is 48.5 Å². The molecule has 0 saturated heterocycles. The number of aromatic hydroxyl groups is 1. The van der Waals surface area contributed by atoms with E-state index in [1.54, 1.807) is 12.1 Å². The number of aliphatic hydroxyl groups is 1. The molecule has 0 radical (unpaired) electrons. The number of esters is 1. The first-order chi connectivity index (χ1) is 15.1. The highest BCUT2D eigenvalue weighted by molar-refractivity contribution is 5.91.